The number of rotatable bonds is 5. The van der Waals surface area contributed by atoms with Gasteiger partial charge in [-0.2, -0.15) is 0 Å². The molecule has 2 fully saturated rings. The number of aromatic nitrogens is 3. The fraction of sp³-hybridized carbons (Fsp3) is 0.545. The third-order valence-corrected chi connectivity index (χ3v) is 6.63. The highest BCUT2D eigenvalue weighted by molar-refractivity contribution is 5.92. The Hall–Kier alpha value is -2.88. The molecule has 172 valence electrons. The predicted octanol–water partition coefficient (Wildman–Crippen LogP) is 2.33. The van der Waals surface area contributed by atoms with Crippen LogP contribution in [0.25, 0.3) is 5.69 Å². The van der Waals surface area contributed by atoms with Gasteiger partial charge in [0.2, 0.25) is 0 Å². The molecule has 1 amide bonds. The molecule has 1 saturated carbocycles. The average molecular weight is 447 g/mol. The lowest BCUT2D eigenvalue weighted by Gasteiger charge is -2.41. The van der Waals surface area contributed by atoms with Crippen molar-refractivity contribution in [3.05, 3.63) is 41.7 Å². The summed E-state index contributed by atoms with van der Waals surface area (Å²) in [7, 11) is 1.35. The third-order valence-electron chi connectivity index (χ3n) is 6.63. The molecule has 0 bridgehead atoms. The Kier molecular flexibility index (Phi) is 6.50. The number of methoxy groups -OCH3 is 1. The number of esters is 1. The summed E-state index contributed by atoms with van der Waals surface area (Å²) in [6.45, 7) is 3.55. The number of likely N-dealkylation sites (tertiary alicyclic amines) is 1. The Morgan fingerprint density at radius 1 is 1.22 bits per heavy atom. The number of carbonyl (C=O) groups excluding carboxylic acids is 2. The first kappa shape index (κ1) is 22.3. The number of amides is 1. The summed E-state index contributed by atoms with van der Waals surface area (Å²) in [6.07, 6.45) is 5.38. The second kappa shape index (κ2) is 9.32. The molecule has 2 aromatic rings. The summed E-state index contributed by atoms with van der Waals surface area (Å²) in [5.74, 6) is -2.31. The zero-order valence-corrected chi connectivity index (χ0v) is 18.1. The molecule has 8 nitrogen and oxygen atoms in total. The Morgan fingerprint density at radius 2 is 2.03 bits per heavy atom. The lowest BCUT2D eigenvalue weighted by molar-refractivity contribution is -0.148. The van der Waals surface area contributed by atoms with Crippen LogP contribution in [0, 0.1) is 23.5 Å². The number of piperidine rings is 1. The van der Waals surface area contributed by atoms with Crippen molar-refractivity contribution >= 4 is 11.9 Å². The van der Waals surface area contributed by atoms with Crippen molar-refractivity contribution in [1.29, 1.82) is 0 Å². The van der Waals surface area contributed by atoms with Gasteiger partial charge in [-0.15, -0.1) is 5.10 Å². The lowest BCUT2D eigenvalue weighted by Crippen LogP contribution is -2.56. The van der Waals surface area contributed by atoms with E-state index in [4.69, 9.17) is 4.74 Å². The highest BCUT2D eigenvalue weighted by Crippen LogP contribution is 2.32. The van der Waals surface area contributed by atoms with Crippen LogP contribution in [0.1, 0.15) is 43.1 Å². The van der Waals surface area contributed by atoms with E-state index >= 15 is 0 Å². The van der Waals surface area contributed by atoms with Crippen LogP contribution in [-0.4, -0.2) is 64.1 Å². The molecule has 1 aromatic carbocycles. The number of hydrogen-bond acceptors (Lipinski definition) is 6. The van der Waals surface area contributed by atoms with E-state index in [1.54, 1.807) is 0 Å². The first-order chi connectivity index (χ1) is 15.4. The largest absolute Gasteiger partial charge is 0.469 e. The van der Waals surface area contributed by atoms with Crippen LogP contribution >= 0.6 is 0 Å². The maximum Gasteiger partial charge on any atom is 0.312 e. The predicted molar refractivity (Wildman–Crippen MR) is 111 cm³/mol. The van der Waals surface area contributed by atoms with E-state index in [1.807, 2.05) is 0 Å². The molecular formula is C22H27F2N5O3. The minimum Gasteiger partial charge on any atom is -0.469 e. The monoisotopic (exact) mass is 447 g/mol. The zero-order valence-electron chi connectivity index (χ0n) is 18.1. The van der Waals surface area contributed by atoms with Gasteiger partial charge in [-0.3, -0.25) is 14.5 Å². The first-order valence-electron chi connectivity index (χ1n) is 10.9. The van der Waals surface area contributed by atoms with Gasteiger partial charge in [-0.05, 0) is 37.3 Å². The topological polar surface area (TPSA) is 89.4 Å². The van der Waals surface area contributed by atoms with Gasteiger partial charge in [0.25, 0.3) is 5.91 Å². The molecular weight excluding hydrogens is 420 g/mol. The van der Waals surface area contributed by atoms with E-state index in [1.165, 1.54) is 32.2 Å². The van der Waals surface area contributed by atoms with Crippen molar-refractivity contribution in [3.8, 4) is 5.69 Å². The number of halogens is 2. The summed E-state index contributed by atoms with van der Waals surface area (Å²) in [6, 6.07) is 3.09. The molecule has 1 aliphatic carbocycles. The molecule has 2 aliphatic rings. The van der Waals surface area contributed by atoms with Gasteiger partial charge in [0.05, 0.1) is 19.2 Å². The number of benzene rings is 1. The number of nitrogens with one attached hydrogen (secondary N) is 1. The summed E-state index contributed by atoms with van der Waals surface area (Å²) in [4.78, 5) is 27.6. The highest BCUT2D eigenvalue weighted by atomic mass is 19.1. The molecule has 0 radical (unpaired) electrons. The molecule has 32 heavy (non-hydrogen) atoms. The summed E-state index contributed by atoms with van der Waals surface area (Å²) >= 11 is 0. The smallest absolute Gasteiger partial charge is 0.312 e. The standard InChI is InChI=1S/C22H27F2N5O3/c1-13-4-3-5-19(13)28-9-8-17(15(11-28)22(31)32-2)25-21(30)18-12-29(27-26-18)20-7-6-14(23)10-16(20)24/h6-7,10,12-13,15,17,19H,3-5,8-9,11H2,1-2H3,(H,25,30). The van der Waals surface area contributed by atoms with Gasteiger partial charge in [-0.25, -0.2) is 13.5 Å². The van der Waals surface area contributed by atoms with Gasteiger partial charge in [0.1, 0.15) is 11.5 Å². The highest BCUT2D eigenvalue weighted by Gasteiger charge is 2.40. The minimum atomic E-state index is -0.818. The van der Waals surface area contributed by atoms with E-state index in [9.17, 15) is 18.4 Å². The van der Waals surface area contributed by atoms with E-state index in [0.29, 0.717) is 24.9 Å². The SMILES string of the molecule is COC(=O)C1CN(C2CCCC2C)CCC1NC(=O)c1cn(-c2ccc(F)cc2F)nn1. The summed E-state index contributed by atoms with van der Waals surface area (Å²) in [5.41, 5.74) is -0.0476. The average Bonchev–Trinajstić information content (AvgIpc) is 3.43. The van der Waals surface area contributed by atoms with Crippen LogP contribution in [0.5, 0.6) is 0 Å². The summed E-state index contributed by atoms with van der Waals surface area (Å²) in [5, 5.41) is 10.5. The number of hydrogen-bond donors (Lipinski definition) is 1. The van der Waals surface area contributed by atoms with Crippen molar-refractivity contribution in [2.45, 2.75) is 44.7 Å². The van der Waals surface area contributed by atoms with Crippen LogP contribution < -0.4 is 5.32 Å². The van der Waals surface area contributed by atoms with E-state index in [0.717, 1.165) is 29.8 Å². The molecule has 1 saturated heterocycles. The fourth-order valence-electron chi connectivity index (χ4n) is 4.90. The van der Waals surface area contributed by atoms with Crippen LogP contribution in [0.4, 0.5) is 8.78 Å². The maximum atomic E-state index is 14.0. The van der Waals surface area contributed by atoms with E-state index in [2.05, 4.69) is 27.5 Å². The Labute approximate surface area is 184 Å². The van der Waals surface area contributed by atoms with Gasteiger partial charge in [0.15, 0.2) is 11.5 Å². The minimum absolute atomic E-state index is 0.0237. The Morgan fingerprint density at radius 3 is 2.72 bits per heavy atom. The van der Waals surface area contributed by atoms with Crippen molar-refractivity contribution in [2.75, 3.05) is 20.2 Å². The normalized spacial score (nSPS) is 26.1. The number of nitrogens with zero attached hydrogens (tertiary/aromatic N) is 4. The van der Waals surface area contributed by atoms with Crippen LogP contribution in [-0.2, 0) is 9.53 Å². The molecule has 2 heterocycles. The molecule has 0 spiro atoms. The first-order valence-corrected chi connectivity index (χ1v) is 10.9. The number of ether oxygens (including phenoxy) is 1. The van der Waals surface area contributed by atoms with Crippen molar-refractivity contribution in [3.63, 3.8) is 0 Å². The number of carbonyl (C=O) groups is 2. The molecule has 4 atom stereocenters. The van der Waals surface area contributed by atoms with Gasteiger partial charge >= 0.3 is 5.97 Å². The van der Waals surface area contributed by atoms with E-state index < -0.39 is 29.5 Å². The van der Waals surface area contributed by atoms with Crippen molar-refractivity contribution in [2.24, 2.45) is 11.8 Å². The van der Waals surface area contributed by atoms with Crippen LogP contribution in [0.2, 0.25) is 0 Å². The third kappa shape index (κ3) is 4.50. The van der Waals surface area contributed by atoms with Crippen LogP contribution in [0.15, 0.2) is 24.4 Å². The maximum absolute atomic E-state index is 14.0. The zero-order chi connectivity index (χ0) is 22.8. The van der Waals surface area contributed by atoms with Gasteiger partial charge < -0.3 is 10.1 Å². The second-order valence-electron chi connectivity index (χ2n) is 8.61. The molecule has 1 aromatic heterocycles. The van der Waals surface area contributed by atoms with Crippen molar-refractivity contribution < 1.29 is 23.1 Å². The molecule has 1 aliphatic heterocycles. The van der Waals surface area contributed by atoms with Crippen molar-refractivity contribution in [1.82, 2.24) is 25.2 Å². The molecule has 1 N–H and O–H groups in total. The second-order valence-corrected chi connectivity index (χ2v) is 8.61. The molecule has 4 rings (SSSR count). The molecule has 10 heteroatoms. The van der Waals surface area contributed by atoms with Gasteiger partial charge in [-0.1, -0.05) is 18.6 Å². The molecule has 4 unspecified atom stereocenters. The van der Waals surface area contributed by atoms with Crippen LogP contribution in [0.3, 0.4) is 0 Å². The quantitative estimate of drug-likeness (QED) is 0.708. The van der Waals surface area contributed by atoms with Gasteiger partial charge in [0, 0.05) is 31.2 Å². The Bertz CT molecular complexity index is 998. The Balaban J connectivity index is 1.46. The summed E-state index contributed by atoms with van der Waals surface area (Å²) < 4.78 is 33.2. The fourth-order valence-corrected chi connectivity index (χ4v) is 4.90. The lowest BCUT2D eigenvalue weighted by atomic mass is 9.89. The van der Waals surface area contributed by atoms with E-state index in [-0.39, 0.29) is 17.4 Å².